The van der Waals surface area contributed by atoms with Crippen molar-refractivity contribution in [1.82, 2.24) is 19.5 Å². The van der Waals surface area contributed by atoms with E-state index < -0.39 is 5.97 Å². The molecule has 2 aromatic heterocycles. The lowest BCUT2D eigenvalue weighted by molar-refractivity contribution is 0.0696. The van der Waals surface area contributed by atoms with Gasteiger partial charge in [0.2, 0.25) is 0 Å². The molecule has 1 unspecified atom stereocenters. The van der Waals surface area contributed by atoms with E-state index in [9.17, 15) is 4.79 Å². The molecule has 0 radical (unpaired) electrons. The average Bonchev–Trinajstić information content (AvgIpc) is 2.84. The maximum Gasteiger partial charge on any atom is 0.337 e. The number of likely N-dealkylation sites (N-methyl/N-ethyl adjacent to an activating group) is 1. The highest BCUT2D eigenvalue weighted by molar-refractivity contribution is 5.87. The first-order valence-electron chi connectivity index (χ1n) is 6.92. The largest absolute Gasteiger partial charge is 0.478 e. The van der Waals surface area contributed by atoms with Crippen molar-refractivity contribution in [3.8, 4) is 0 Å². The van der Waals surface area contributed by atoms with Crippen molar-refractivity contribution in [3.05, 3.63) is 29.7 Å². The van der Waals surface area contributed by atoms with E-state index in [1.165, 1.54) is 12.8 Å². The molecule has 1 aliphatic rings. The Bertz CT molecular complexity index is 637. The van der Waals surface area contributed by atoms with Crippen LogP contribution in [0.25, 0.3) is 5.65 Å². The molecule has 0 spiro atoms. The second-order valence-electron chi connectivity index (χ2n) is 5.40. The number of carboxylic acids is 1. The standard InChI is InChI=1S/C14H18N4O2/c1-17-7-3-2-4-11(17)8-13-16-15-12-6-5-10(14(19)20)9-18(12)13/h5-6,9,11H,2-4,7-8H2,1H3,(H,19,20). The number of nitrogens with zero attached hydrogens (tertiary/aromatic N) is 4. The second-order valence-corrected chi connectivity index (χ2v) is 5.40. The van der Waals surface area contributed by atoms with E-state index in [1.807, 2.05) is 0 Å². The highest BCUT2D eigenvalue weighted by atomic mass is 16.4. The van der Waals surface area contributed by atoms with E-state index in [0.29, 0.717) is 11.7 Å². The third-order valence-electron chi connectivity index (χ3n) is 4.06. The zero-order valence-corrected chi connectivity index (χ0v) is 11.5. The number of carbonyl (C=O) groups is 1. The number of aromatic nitrogens is 3. The Morgan fingerprint density at radius 3 is 3.00 bits per heavy atom. The van der Waals surface area contributed by atoms with Gasteiger partial charge in [0.1, 0.15) is 5.82 Å². The van der Waals surface area contributed by atoms with Crippen LogP contribution in [0.2, 0.25) is 0 Å². The first-order valence-corrected chi connectivity index (χ1v) is 6.92. The van der Waals surface area contributed by atoms with Crippen molar-refractivity contribution in [1.29, 1.82) is 0 Å². The normalized spacial score (nSPS) is 20.4. The van der Waals surface area contributed by atoms with E-state index in [0.717, 1.165) is 25.2 Å². The Labute approximate surface area is 117 Å². The molecule has 6 nitrogen and oxygen atoms in total. The Morgan fingerprint density at radius 2 is 2.25 bits per heavy atom. The van der Waals surface area contributed by atoms with Gasteiger partial charge in [0.25, 0.3) is 0 Å². The van der Waals surface area contributed by atoms with Gasteiger partial charge in [0.15, 0.2) is 5.65 Å². The number of likely N-dealkylation sites (tertiary alicyclic amines) is 1. The predicted octanol–water partition coefficient (Wildman–Crippen LogP) is 1.45. The van der Waals surface area contributed by atoms with E-state index in [4.69, 9.17) is 5.11 Å². The summed E-state index contributed by atoms with van der Waals surface area (Å²) in [5.41, 5.74) is 0.957. The van der Waals surface area contributed by atoms with Crippen molar-refractivity contribution in [2.45, 2.75) is 31.7 Å². The first kappa shape index (κ1) is 13.1. The quantitative estimate of drug-likeness (QED) is 0.917. The number of fused-ring (bicyclic) bond motifs is 1. The molecule has 0 aliphatic carbocycles. The molecule has 1 N–H and O–H groups in total. The van der Waals surface area contributed by atoms with Gasteiger partial charge >= 0.3 is 5.97 Å². The van der Waals surface area contributed by atoms with Crippen LogP contribution < -0.4 is 0 Å². The van der Waals surface area contributed by atoms with E-state index in [2.05, 4.69) is 22.1 Å². The van der Waals surface area contributed by atoms with E-state index >= 15 is 0 Å². The number of rotatable bonds is 3. The zero-order chi connectivity index (χ0) is 14.1. The summed E-state index contributed by atoms with van der Waals surface area (Å²) < 4.78 is 1.80. The summed E-state index contributed by atoms with van der Waals surface area (Å²) in [6.45, 7) is 1.11. The number of piperidine rings is 1. The Hall–Kier alpha value is -1.95. The van der Waals surface area contributed by atoms with E-state index in [1.54, 1.807) is 22.7 Å². The minimum atomic E-state index is -0.929. The van der Waals surface area contributed by atoms with Crippen LogP contribution in [0.15, 0.2) is 18.3 Å². The fraction of sp³-hybridized carbons (Fsp3) is 0.500. The van der Waals surface area contributed by atoms with Crippen LogP contribution in [0.1, 0.15) is 35.4 Å². The molecule has 1 atom stereocenters. The smallest absolute Gasteiger partial charge is 0.337 e. The highest BCUT2D eigenvalue weighted by Gasteiger charge is 2.21. The summed E-state index contributed by atoms with van der Waals surface area (Å²) in [7, 11) is 2.13. The topological polar surface area (TPSA) is 70.7 Å². The summed E-state index contributed by atoms with van der Waals surface area (Å²) in [6, 6.07) is 3.72. The summed E-state index contributed by atoms with van der Waals surface area (Å²) in [5, 5.41) is 17.4. The number of aromatic carboxylic acids is 1. The molecule has 1 fully saturated rings. The number of hydrogen-bond acceptors (Lipinski definition) is 4. The molecule has 20 heavy (non-hydrogen) atoms. The maximum atomic E-state index is 11.1. The molecule has 0 amide bonds. The predicted molar refractivity (Wildman–Crippen MR) is 73.9 cm³/mol. The molecule has 1 saturated heterocycles. The van der Waals surface area contributed by atoms with Crippen molar-refractivity contribution in [2.24, 2.45) is 0 Å². The molecule has 1 aliphatic heterocycles. The van der Waals surface area contributed by atoms with Gasteiger partial charge in [-0.15, -0.1) is 10.2 Å². The van der Waals surface area contributed by atoms with Crippen LogP contribution in [0.5, 0.6) is 0 Å². The molecule has 0 aromatic carbocycles. The molecular formula is C14H18N4O2. The van der Waals surface area contributed by atoms with Gasteiger partial charge in [-0.05, 0) is 38.6 Å². The minimum absolute atomic E-state index is 0.260. The van der Waals surface area contributed by atoms with Crippen LogP contribution in [-0.2, 0) is 6.42 Å². The van der Waals surface area contributed by atoms with Crippen LogP contribution in [0.3, 0.4) is 0 Å². The van der Waals surface area contributed by atoms with Gasteiger partial charge in [0.05, 0.1) is 5.56 Å². The third-order valence-corrected chi connectivity index (χ3v) is 4.06. The fourth-order valence-electron chi connectivity index (χ4n) is 2.82. The van der Waals surface area contributed by atoms with Crippen molar-refractivity contribution < 1.29 is 9.90 Å². The van der Waals surface area contributed by atoms with Crippen LogP contribution in [0, 0.1) is 0 Å². The lowest BCUT2D eigenvalue weighted by Crippen LogP contribution is -2.38. The van der Waals surface area contributed by atoms with Gasteiger partial charge in [-0.25, -0.2) is 4.79 Å². The molecule has 3 rings (SSSR count). The lowest BCUT2D eigenvalue weighted by atomic mass is 10.00. The van der Waals surface area contributed by atoms with Crippen LogP contribution >= 0.6 is 0 Å². The summed E-state index contributed by atoms with van der Waals surface area (Å²) in [5.74, 6) is -0.0943. The second kappa shape index (κ2) is 5.20. The summed E-state index contributed by atoms with van der Waals surface area (Å²) in [4.78, 5) is 13.4. The Morgan fingerprint density at radius 1 is 1.40 bits per heavy atom. The van der Waals surface area contributed by atoms with Gasteiger partial charge < -0.3 is 10.0 Å². The molecule has 0 bridgehead atoms. The molecular weight excluding hydrogens is 256 g/mol. The Balaban J connectivity index is 1.90. The average molecular weight is 274 g/mol. The highest BCUT2D eigenvalue weighted by Crippen LogP contribution is 2.19. The maximum absolute atomic E-state index is 11.1. The van der Waals surface area contributed by atoms with E-state index in [-0.39, 0.29) is 5.56 Å². The molecule has 106 valence electrons. The SMILES string of the molecule is CN1CCCCC1Cc1nnc2ccc(C(=O)O)cn12. The van der Waals surface area contributed by atoms with Gasteiger partial charge in [-0.3, -0.25) is 4.40 Å². The van der Waals surface area contributed by atoms with Crippen molar-refractivity contribution in [2.75, 3.05) is 13.6 Å². The van der Waals surface area contributed by atoms with Gasteiger partial charge in [-0.2, -0.15) is 0 Å². The number of hydrogen-bond donors (Lipinski definition) is 1. The van der Waals surface area contributed by atoms with Crippen LogP contribution in [-0.4, -0.2) is 50.2 Å². The number of pyridine rings is 1. The summed E-state index contributed by atoms with van der Waals surface area (Å²) >= 11 is 0. The van der Waals surface area contributed by atoms with Gasteiger partial charge in [0, 0.05) is 18.7 Å². The molecule has 0 saturated carbocycles. The fourth-order valence-corrected chi connectivity index (χ4v) is 2.82. The third kappa shape index (κ3) is 2.38. The lowest BCUT2D eigenvalue weighted by Gasteiger charge is -2.31. The van der Waals surface area contributed by atoms with Crippen molar-refractivity contribution >= 4 is 11.6 Å². The monoisotopic (exact) mass is 274 g/mol. The minimum Gasteiger partial charge on any atom is -0.478 e. The molecule has 2 aromatic rings. The summed E-state index contributed by atoms with van der Waals surface area (Å²) in [6.07, 6.45) is 6.06. The Kier molecular flexibility index (Phi) is 3.40. The van der Waals surface area contributed by atoms with Crippen LogP contribution in [0.4, 0.5) is 0 Å². The molecule has 3 heterocycles. The number of carboxylic acid groups (broad SMARTS) is 1. The first-order chi connectivity index (χ1) is 9.65. The van der Waals surface area contributed by atoms with Crippen molar-refractivity contribution in [3.63, 3.8) is 0 Å². The zero-order valence-electron chi connectivity index (χ0n) is 11.5. The van der Waals surface area contributed by atoms with Gasteiger partial charge in [-0.1, -0.05) is 6.42 Å². The molecule has 6 heteroatoms.